The fourth-order valence-electron chi connectivity index (χ4n) is 3.87. The van der Waals surface area contributed by atoms with Crippen LogP contribution >= 0.6 is 21.4 Å². The molecule has 0 aliphatic carbocycles. The lowest BCUT2D eigenvalue weighted by molar-refractivity contribution is -0.139. The van der Waals surface area contributed by atoms with E-state index in [1.807, 2.05) is 6.92 Å². The summed E-state index contributed by atoms with van der Waals surface area (Å²) in [5, 5.41) is 5.45. The molecule has 0 aromatic heterocycles. The van der Waals surface area contributed by atoms with Crippen molar-refractivity contribution in [1.82, 2.24) is 20.4 Å². The summed E-state index contributed by atoms with van der Waals surface area (Å²) < 4.78 is 0. The van der Waals surface area contributed by atoms with Gasteiger partial charge in [-0.05, 0) is 61.1 Å². The minimum Gasteiger partial charge on any atom is -0.369 e. The van der Waals surface area contributed by atoms with Crippen molar-refractivity contribution in [1.29, 1.82) is 0 Å². The molecule has 19 heteroatoms. The number of nitrogens with one attached hydrogen (secondary N) is 2. The molecule has 2 unspecified atom stereocenters. The number of nitrogens with two attached hydrogens (primary N) is 1. The SMILES string of the molecule is C.C.C.C.C.CC(CCCCNC(=O)CCN1C(=O)C=CC1=O)C(=O)P=S.CC(CCCCNC(=O)CCN1C(=O)C=CC1=O)C(N)=O.S=PP=S. The van der Waals surface area contributed by atoms with E-state index in [-0.39, 0.29) is 122 Å². The topological polar surface area (TPSA) is 193 Å². The fraction of sp³-hybridized carbons (Fsp3) is 0.636. The van der Waals surface area contributed by atoms with Gasteiger partial charge in [0.25, 0.3) is 23.6 Å². The zero-order valence-corrected chi connectivity index (χ0v) is 31.4. The second kappa shape index (κ2) is 36.7. The number of carbonyl (C=O) groups excluding carboxylic acids is 8. The smallest absolute Gasteiger partial charge is 0.253 e. The molecule has 2 heterocycles. The molecule has 298 valence electrons. The van der Waals surface area contributed by atoms with E-state index in [1.165, 1.54) is 24.3 Å². The molecule has 13 nitrogen and oxygen atoms in total. The van der Waals surface area contributed by atoms with E-state index in [9.17, 15) is 38.4 Å². The van der Waals surface area contributed by atoms with Crippen LogP contribution in [0.25, 0.3) is 0 Å². The highest BCUT2D eigenvalue weighted by Crippen LogP contribution is 2.14. The number of carbonyl (C=O) groups is 8. The summed E-state index contributed by atoms with van der Waals surface area (Å²) in [5.41, 5.74) is 5.21. The van der Waals surface area contributed by atoms with Crippen LogP contribution in [0.3, 0.4) is 0 Å². The van der Waals surface area contributed by atoms with Gasteiger partial charge < -0.3 is 16.4 Å². The van der Waals surface area contributed by atoms with Crippen LogP contribution in [0.1, 0.15) is 102 Å². The molecule has 0 aromatic carbocycles. The average Bonchev–Trinajstić information content (AvgIpc) is 3.55. The molecule has 2 rings (SSSR count). The van der Waals surface area contributed by atoms with Crippen LogP contribution in [0.2, 0.25) is 0 Å². The first-order valence-electron chi connectivity index (χ1n) is 14.7. The van der Waals surface area contributed by atoms with Crippen molar-refractivity contribution < 1.29 is 38.4 Å². The van der Waals surface area contributed by atoms with Gasteiger partial charge in [-0.15, -0.1) is 0 Å². The van der Waals surface area contributed by atoms with E-state index in [0.29, 0.717) is 26.9 Å². The Labute approximate surface area is 331 Å². The first-order chi connectivity index (χ1) is 22.3. The lowest BCUT2D eigenvalue weighted by atomic mass is 10.0. The molecule has 0 saturated carbocycles. The van der Waals surface area contributed by atoms with Gasteiger partial charge in [-0.1, -0.05) is 63.8 Å². The molecule has 0 aromatic rings. The minimum atomic E-state index is -0.381. The Morgan fingerprint density at radius 3 is 1.25 bits per heavy atom. The molecule has 0 radical (unpaired) electrons. The second-order valence-electron chi connectivity index (χ2n) is 10.3. The molecule has 0 fully saturated rings. The maximum absolute atomic E-state index is 11.6. The Bertz CT molecular complexity index is 1210. The Hall–Kier alpha value is -2.60. The van der Waals surface area contributed by atoms with Gasteiger partial charge in [0.1, 0.15) is 0 Å². The van der Waals surface area contributed by atoms with Crippen LogP contribution < -0.4 is 16.4 Å². The van der Waals surface area contributed by atoms with E-state index >= 15 is 0 Å². The molecule has 0 bridgehead atoms. The van der Waals surface area contributed by atoms with Gasteiger partial charge in [-0.3, -0.25) is 48.2 Å². The quantitative estimate of drug-likeness (QED) is 0.0766. The predicted molar refractivity (Wildman–Crippen MR) is 224 cm³/mol. The highest BCUT2D eigenvalue weighted by atomic mass is 32.7. The van der Waals surface area contributed by atoms with Crippen molar-refractivity contribution in [2.75, 3.05) is 26.2 Å². The van der Waals surface area contributed by atoms with Gasteiger partial charge in [-0.2, -0.15) is 0 Å². The minimum absolute atomic E-state index is 0. The number of hydrogen-bond acceptors (Lipinski definition) is 11. The molecule has 2 aliphatic heterocycles. The van der Waals surface area contributed by atoms with Crippen LogP contribution in [0, 0.1) is 11.8 Å². The summed E-state index contributed by atoms with van der Waals surface area (Å²) >= 11 is 13.5. The number of imide groups is 2. The van der Waals surface area contributed by atoms with Crippen LogP contribution in [-0.2, 0) is 73.8 Å². The Kier molecular flexibility index (Phi) is 43.4. The maximum Gasteiger partial charge on any atom is 0.253 e. The molecule has 0 spiro atoms. The second-order valence-corrected chi connectivity index (χ2v) is 15.7. The first kappa shape index (κ1) is 61.4. The van der Waals surface area contributed by atoms with Crippen LogP contribution in [-0.4, -0.2) is 82.9 Å². The third-order valence-electron chi connectivity index (χ3n) is 6.73. The van der Waals surface area contributed by atoms with E-state index < -0.39 is 0 Å². The van der Waals surface area contributed by atoms with Gasteiger partial charge in [0, 0.05) is 89.2 Å². The molecule has 2 aliphatic rings. The van der Waals surface area contributed by atoms with Gasteiger partial charge in [-0.25, -0.2) is 0 Å². The number of primary amides is 1. The summed E-state index contributed by atoms with van der Waals surface area (Å²) in [7, 11) is 2.12. The summed E-state index contributed by atoms with van der Waals surface area (Å²) in [6, 6.07) is 0. The maximum atomic E-state index is 11.6. The van der Waals surface area contributed by atoms with Crippen LogP contribution in [0.4, 0.5) is 0 Å². The highest BCUT2D eigenvalue weighted by Gasteiger charge is 2.24. The van der Waals surface area contributed by atoms with Crippen molar-refractivity contribution in [3.63, 3.8) is 0 Å². The van der Waals surface area contributed by atoms with E-state index in [0.717, 1.165) is 56.0 Å². The van der Waals surface area contributed by atoms with E-state index in [4.69, 9.17) is 5.73 Å². The average molecular weight is 844 g/mol. The number of amides is 7. The fourth-order valence-corrected chi connectivity index (χ4v) is 4.72. The van der Waals surface area contributed by atoms with Crippen molar-refractivity contribution in [3.05, 3.63) is 24.3 Å². The molecule has 52 heavy (non-hydrogen) atoms. The van der Waals surface area contributed by atoms with Gasteiger partial charge >= 0.3 is 0 Å². The van der Waals surface area contributed by atoms with Gasteiger partial charge in [0.2, 0.25) is 17.7 Å². The van der Waals surface area contributed by atoms with Crippen molar-refractivity contribution in [2.24, 2.45) is 17.6 Å². The van der Waals surface area contributed by atoms with Crippen molar-refractivity contribution >= 4 is 104 Å². The third kappa shape index (κ3) is 28.0. The summed E-state index contributed by atoms with van der Waals surface area (Å²) in [5.74, 6) is -2.41. The Balaban J connectivity index is -0.000000169. The van der Waals surface area contributed by atoms with Gasteiger partial charge in [0.15, 0.2) is 5.52 Å². The standard InChI is InChI=1S/C14H21N3O4.C14H19N2O4PS.5CH4.P2S2/c1-10(14(15)21)4-2-3-8-16-11(18)7-9-17-12(19)5-6-13(17)20;1-10(14(20)21-22)4-2-3-8-15-11(17)7-9-16-12(18)5-6-13(16)19;;;;;;3-1-2-4/h5-6,10H,2-4,7-9H2,1H3,(H2,15,21)(H,16,18);5-6,10H,2-4,7-9H2,1H3,(H,15,17);5*1H4;. The lowest BCUT2D eigenvalue weighted by Gasteiger charge is -2.13. The highest BCUT2D eigenvalue weighted by molar-refractivity contribution is 8.40. The molecular weight excluding hydrogens is 784 g/mol. The summed E-state index contributed by atoms with van der Waals surface area (Å²) in [6.45, 7) is 4.85. The molecule has 4 N–H and O–H groups in total. The normalized spacial score (nSPS) is 13.4. The molecule has 7 amide bonds. The number of rotatable bonds is 20. The molecule has 0 saturated heterocycles. The lowest BCUT2D eigenvalue weighted by Crippen LogP contribution is -2.35. The Morgan fingerprint density at radius 1 is 0.635 bits per heavy atom. The summed E-state index contributed by atoms with van der Waals surface area (Å²) in [4.78, 5) is 92.5. The molecule has 2 atom stereocenters. The zero-order valence-electron chi connectivity index (χ0n) is 26.3. The zero-order chi connectivity index (χ0) is 35.8. The van der Waals surface area contributed by atoms with Crippen LogP contribution in [0.5, 0.6) is 0 Å². The largest absolute Gasteiger partial charge is 0.369 e. The van der Waals surface area contributed by atoms with Crippen molar-refractivity contribution in [2.45, 2.75) is 102 Å². The first-order valence-corrected chi connectivity index (χ1v) is 21.1. The monoisotopic (exact) mass is 843 g/mol. The van der Waals surface area contributed by atoms with E-state index in [2.05, 4.69) is 46.1 Å². The number of hydrogen-bond donors (Lipinski definition) is 3. The Morgan fingerprint density at radius 2 is 0.962 bits per heavy atom. The number of nitrogens with zero attached hydrogens (tertiary/aromatic N) is 2. The van der Waals surface area contributed by atoms with Crippen LogP contribution in [0.15, 0.2) is 24.3 Å². The van der Waals surface area contributed by atoms with Crippen molar-refractivity contribution in [3.8, 4) is 0 Å². The van der Waals surface area contributed by atoms with E-state index in [1.54, 1.807) is 6.92 Å². The predicted octanol–water partition coefficient (Wildman–Crippen LogP) is 5.77. The number of unbranched alkanes of at least 4 members (excludes halogenated alkanes) is 2. The summed E-state index contributed by atoms with van der Waals surface area (Å²) in [6.07, 6.45) is 9.63. The third-order valence-corrected chi connectivity index (χ3v) is 10.6. The molecular formula is C33H60N5O8P3S3. The van der Waals surface area contributed by atoms with Gasteiger partial charge in [0.05, 0.1) is 7.36 Å².